The van der Waals surface area contributed by atoms with E-state index in [9.17, 15) is 10.1 Å². The van der Waals surface area contributed by atoms with Crippen LogP contribution in [0.1, 0.15) is 6.42 Å². The predicted octanol–water partition coefficient (Wildman–Crippen LogP) is 1.97. The number of hydrogen-bond donors (Lipinski definition) is 1. The molecule has 7 nitrogen and oxygen atoms in total. The molecule has 2 heterocycles. The van der Waals surface area contributed by atoms with Crippen LogP contribution in [0.3, 0.4) is 0 Å². The summed E-state index contributed by atoms with van der Waals surface area (Å²) < 4.78 is 11.3. The molecule has 19 heavy (non-hydrogen) atoms. The van der Waals surface area contributed by atoms with Crippen molar-refractivity contribution in [1.29, 1.82) is 0 Å². The monoisotopic (exact) mass is 331 g/mol. The van der Waals surface area contributed by atoms with Gasteiger partial charge in [-0.25, -0.2) is 0 Å². The summed E-state index contributed by atoms with van der Waals surface area (Å²) in [6, 6.07) is 0. The highest BCUT2D eigenvalue weighted by atomic mass is 79.9. The Bertz CT molecular complexity index is 477. The van der Waals surface area contributed by atoms with Gasteiger partial charge in [0.15, 0.2) is 0 Å². The molecule has 1 saturated heterocycles. The first-order valence-corrected chi connectivity index (χ1v) is 6.52. The van der Waals surface area contributed by atoms with Gasteiger partial charge in [0.25, 0.3) is 0 Å². The van der Waals surface area contributed by atoms with E-state index in [2.05, 4.69) is 26.2 Å². The van der Waals surface area contributed by atoms with Gasteiger partial charge in [-0.2, -0.15) is 0 Å². The molecule has 0 spiro atoms. The lowest BCUT2D eigenvalue weighted by atomic mass is 10.0. The summed E-state index contributed by atoms with van der Waals surface area (Å²) in [4.78, 5) is 14.3. The Hall–Kier alpha value is -1.25. The number of pyridine rings is 1. The van der Waals surface area contributed by atoms with E-state index in [1.807, 2.05) is 0 Å². The molecule has 1 aliphatic heterocycles. The zero-order valence-electron chi connectivity index (χ0n) is 10.4. The second kappa shape index (κ2) is 5.81. The second-order valence-corrected chi connectivity index (χ2v) is 5.17. The van der Waals surface area contributed by atoms with Crippen LogP contribution in [-0.4, -0.2) is 42.4 Å². The van der Waals surface area contributed by atoms with Gasteiger partial charge in [0.2, 0.25) is 0 Å². The Labute approximate surface area is 118 Å². The number of nitrogens with one attached hydrogen (secondary N) is 1. The molecule has 0 radical (unpaired) electrons. The standard InChI is InChI=1S/C11H14BrN3O4/c1-18-11(2-3-19-7-11)6-14-10-8(12)4-13-5-9(10)15(16)17/h4-5H,2-3,6-7H2,1H3,(H,13,14). The summed E-state index contributed by atoms with van der Waals surface area (Å²) in [5.74, 6) is 0. The van der Waals surface area contributed by atoms with Gasteiger partial charge >= 0.3 is 5.69 Å². The number of aromatic nitrogens is 1. The number of nitro groups is 1. The van der Waals surface area contributed by atoms with E-state index in [-0.39, 0.29) is 5.69 Å². The van der Waals surface area contributed by atoms with Crippen molar-refractivity contribution >= 4 is 27.3 Å². The van der Waals surface area contributed by atoms with Crippen molar-refractivity contribution in [2.24, 2.45) is 0 Å². The van der Waals surface area contributed by atoms with Crippen LogP contribution < -0.4 is 5.32 Å². The van der Waals surface area contributed by atoms with E-state index in [0.717, 1.165) is 6.42 Å². The number of anilines is 1. The number of methoxy groups -OCH3 is 1. The highest BCUT2D eigenvalue weighted by molar-refractivity contribution is 9.10. The number of ether oxygens (including phenoxy) is 2. The molecule has 1 N–H and O–H groups in total. The highest BCUT2D eigenvalue weighted by Gasteiger charge is 2.35. The molecule has 1 aromatic rings. The second-order valence-electron chi connectivity index (χ2n) is 4.32. The third-order valence-corrected chi connectivity index (χ3v) is 3.77. The predicted molar refractivity (Wildman–Crippen MR) is 72.3 cm³/mol. The largest absolute Gasteiger partial charge is 0.378 e. The van der Waals surface area contributed by atoms with Gasteiger partial charge in [0.05, 0.1) is 16.0 Å². The molecule has 0 aliphatic carbocycles. The van der Waals surface area contributed by atoms with Gasteiger partial charge in [0.1, 0.15) is 17.5 Å². The molecular formula is C11H14BrN3O4. The van der Waals surface area contributed by atoms with E-state index >= 15 is 0 Å². The van der Waals surface area contributed by atoms with E-state index in [1.54, 1.807) is 7.11 Å². The first kappa shape index (κ1) is 14.2. The third-order valence-electron chi connectivity index (χ3n) is 3.16. The van der Waals surface area contributed by atoms with E-state index in [4.69, 9.17) is 9.47 Å². The summed E-state index contributed by atoms with van der Waals surface area (Å²) in [7, 11) is 1.62. The Balaban J connectivity index is 2.17. The summed E-state index contributed by atoms with van der Waals surface area (Å²) in [5.41, 5.74) is -0.0980. The SMILES string of the molecule is COC1(CNc2c(Br)cncc2[N+](=O)[O-])CCOC1. The lowest BCUT2D eigenvalue weighted by Crippen LogP contribution is -2.39. The van der Waals surface area contributed by atoms with Gasteiger partial charge in [-0.1, -0.05) is 0 Å². The number of hydrogen-bond acceptors (Lipinski definition) is 6. The van der Waals surface area contributed by atoms with Crippen LogP contribution in [0.2, 0.25) is 0 Å². The maximum Gasteiger partial charge on any atom is 0.311 e. The fourth-order valence-corrected chi connectivity index (χ4v) is 2.41. The first-order chi connectivity index (χ1) is 9.08. The Morgan fingerprint density at radius 1 is 1.68 bits per heavy atom. The van der Waals surface area contributed by atoms with Crippen LogP contribution in [0.25, 0.3) is 0 Å². The van der Waals surface area contributed by atoms with Gasteiger partial charge in [-0.3, -0.25) is 15.1 Å². The van der Waals surface area contributed by atoms with Crippen LogP contribution in [0.15, 0.2) is 16.9 Å². The fraction of sp³-hybridized carbons (Fsp3) is 0.545. The quantitative estimate of drug-likeness (QED) is 0.655. The normalized spacial score (nSPS) is 22.4. The molecule has 2 rings (SSSR count). The Morgan fingerprint density at radius 3 is 3.05 bits per heavy atom. The summed E-state index contributed by atoms with van der Waals surface area (Å²) in [5, 5.41) is 14.0. The zero-order valence-corrected chi connectivity index (χ0v) is 12.0. The minimum Gasteiger partial charge on any atom is -0.378 e. The lowest BCUT2D eigenvalue weighted by molar-refractivity contribution is -0.384. The number of rotatable bonds is 5. The van der Waals surface area contributed by atoms with Crippen molar-refractivity contribution in [1.82, 2.24) is 4.98 Å². The molecule has 0 saturated carbocycles. The third kappa shape index (κ3) is 3.02. The minimum absolute atomic E-state index is 0.0699. The molecule has 0 amide bonds. The van der Waals surface area contributed by atoms with Crippen LogP contribution in [0.5, 0.6) is 0 Å². The van der Waals surface area contributed by atoms with Crippen LogP contribution >= 0.6 is 15.9 Å². The molecule has 8 heteroatoms. The van der Waals surface area contributed by atoms with Crippen LogP contribution in [-0.2, 0) is 9.47 Å². The maximum absolute atomic E-state index is 11.0. The summed E-state index contributed by atoms with van der Waals surface area (Å²) >= 11 is 3.26. The smallest absolute Gasteiger partial charge is 0.311 e. The van der Waals surface area contributed by atoms with Crippen LogP contribution in [0, 0.1) is 10.1 Å². The van der Waals surface area contributed by atoms with Crippen molar-refractivity contribution in [3.8, 4) is 0 Å². The molecule has 104 valence electrons. The van der Waals surface area contributed by atoms with Crippen molar-refractivity contribution in [3.05, 3.63) is 27.0 Å². The lowest BCUT2D eigenvalue weighted by Gasteiger charge is -2.26. The number of halogens is 1. The molecule has 0 bridgehead atoms. The van der Waals surface area contributed by atoms with Crippen molar-refractivity contribution in [3.63, 3.8) is 0 Å². The Morgan fingerprint density at radius 2 is 2.47 bits per heavy atom. The Kier molecular flexibility index (Phi) is 4.33. The number of nitrogens with zero attached hydrogens (tertiary/aromatic N) is 2. The molecule has 1 fully saturated rings. The highest BCUT2D eigenvalue weighted by Crippen LogP contribution is 2.32. The molecule has 0 aromatic carbocycles. The molecule has 1 atom stereocenters. The molecule has 1 aliphatic rings. The average Bonchev–Trinajstić information content (AvgIpc) is 2.86. The van der Waals surface area contributed by atoms with E-state index in [1.165, 1.54) is 12.4 Å². The average molecular weight is 332 g/mol. The van der Waals surface area contributed by atoms with E-state index in [0.29, 0.717) is 29.9 Å². The molecule has 1 unspecified atom stereocenters. The fourth-order valence-electron chi connectivity index (χ4n) is 1.95. The first-order valence-electron chi connectivity index (χ1n) is 5.73. The minimum atomic E-state index is -0.468. The van der Waals surface area contributed by atoms with Crippen molar-refractivity contribution < 1.29 is 14.4 Å². The van der Waals surface area contributed by atoms with Gasteiger partial charge < -0.3 is 14.8 Å². The van der Waals surface area contributed by atoms with Gasteiger partial charge in [-0.15, -0.1) is 0 Å². The van der Waals surface area contributed by atoms with Gasteiger partial charge in [-0.05, 0) is 15.9 Å². The van der Waals surface area contributed by atoms with E-state index < -0.39 is 10.5 Å². The molecule has 1 aromatic heterocycles. The topological polar surface area (TPSA) is 86.5 Å². The zero-order chi connectivity index (χ0) is 13.9. The van der Waals surface area contributed by atoms with Crippen molar-refractivity contribution in [2.45, 2.75) is 12.0 Å². The summed E-state index contributed by atoms with van der Waals surface area (Å²) in [6.45, 7) is 1.55. The maximum atomic E-state index is 11.0. The van der Waals surface area contributed by atoms with Gasteiger partial charge in [0, 0.05) is 32.9 Å². The van der Waals surface area contributed by atoms with Crippen molar-refractivity contribution in [2.75, 3.05) is 32.2 Å². The van der Waals surface area contributed by atoms with Crippen LogP contribution in [0.4, 0.5) is 11.4 Å². The molecular weight excluding hydrogens is 318 g/mol. The summed E-state index contributed by atoms with van der Waals surface area (Å²) in [6.07, 6.45) is 3.49.